The van der Waals surface area contributed by atoms with Crippen molar-refractivity contribution in [1.82, 2.24) is 10.2 Å². The van der Waals surface area contributed by atoms with E-state index in [2.05, 4.69) is 15.5 Å². The number of amides is 1. The molecule has 0 aliphatic heterocycles. The highest BCUT2D eigenvalue weighted by atomic mass is 35.5. The van der Waals surface area contributed by atoms with Crippen molar-refractivity contribution in [3.63, 3.8) is 0 Å². The van der Waals surface area contributed by atoms with Crippen molar-refractivity contribution in [2.45, 2.75) is 0 Å². The molecule has 0 atom stereocenters. The number of aromatic nitrogens is 2. The van der Waals surface area contributed by atoms with Gasteiger partial charge in [0.15, 0.2) is 10.8 Å². The maximum atomic E-state index is 12.8. The van der Waals surface area contributed by atoms with Crippen LogP contribution in [0.5, 0.6) is 0 Å². The van der Waals surface area contributed by atoms with Gasteiger partial charge in [-0.05, 0) is 12.1 Å². The van der Waals surface area contributed by atoms with E-state index in [1.54, 1.807) is 54.6 Å². The molecule has 1 aromatic heterocycles. The molecule has 0 spiro atoms. The molecule has 5 nitrogen and oxygen atoms in total. The molecule has 4 rings (SSSR count). The molecule has 1 heterocycles. The van der Waals surface area contributed by atoms with Gasteiger partial charge in [-0.2, -0.15) is 0 Å². The Kier molecular flexibility index (Phi) is 5.46. The monoisotopic (exact) mass is 419 g/mol. The predicted molar refractivity (Wildman–Crippen MR) is 115 cm³/mol. The van der Waals surface area contributed by atoms with Crippen LogP contribution >= 0.6 is 22.9 Å². The second-order valence-corrected chi connectivity index (χ2v) is 7.47. The number of hydrogen-bond donors (Lipinski definition) is 1. The van der Waals surface area contributed by atoms with Crippen LogP contribution in [0.2, 0.25) is 5.02 Å². The molecule has 1 N–H and O–H groups in total. The van der Waals surface area contributed by atoms with E-state index in [9.17, 15) is 9.59 Å². The number of rotatable bonds is 5. The fraction of sp³-hybridized carbons (Fsp3) is 0. The minimum absolute atomic E-state index is 0.217. The van der Waals surface area contributed by atoms with Gasteiger partial charge in [0.2, 0.25) is 5.13 Å². The average molecular weight is 420 g/mol. The number of hydrogen-bond acceptors (Lipinski definition) is 5. The Morgan fingerprint density at radius 3 is 2.21 bits per heavy atom. The summed E-state index contributed by atoms with van der Waals surface area (Å²) in [4.78, 5) is 25.7. The first-order valence-corrected chi connectivity index (χ1v) is 9.91. The molecule has 29 heavy (non-hydrogen) atoms. The molecular weight excluding hydrogens is 406 g/mol. The molecule has 0 unspecified atom stereocenters. The normalized spacial score (nSPS) is 10.5. The Balaban J connectivity index is 1.59. The van der Waals surface area contributed by atoms with E-state index in [1.807, 2.05) is 24.3 Å². The van der Waals surface area contributed by atoms with Crippen LogP contribution in [0.15, 0.2) is 78.9 Å². The Morgan fingerprint density at radius 1 is 0.793 bits per heavy atom. The Bertz CT molecular complexity index is 1190. The van der Waals surface area contributed by atoms with Gasteiger partial charge < -0.3 is 0 Å². The topological polar surface area (TPSA) is 72.0 Å². The molecule has 0 saturated heterocycles. The van der Waals surface area contributed by atoms with E-state index in [0.717, 1.165) is 5.56 Å². The highest BCUT2D eigenvalue weighted by Gasteiger charge is 2.19. The minimum Gasteiger partial charge on any atom is -0.296 e. The Labute approximate surface area is 176 Å². The zero-order valence-corrected chi connectivity index (χ0v) is 16.6. The third-order valence-electron chi connectivity index (χ3n) is 4.20. The van der Waals surface area contributed by atoms with Crippen LogP contribution in [-0.4, -0.2) is 21.9 Å². The summed E-state index contributed by atoms with van der Waals surface area (Å²) < 4.78 is 0. The van der Waals surface area contributed by atoms with Gasteiger partial charge in [-0.15, -0.1) is 10.2 Å². The van der Waals surface area contributed by atoms with Gasteiger partial charge in [0.25, 0.3) is 5.91 Å². The molecule has 0 aliphatic carbocycles. The fourth-order valence-electron chi connectivity index (χ4n) is 2.81. The van der Waals surface area contributed by atoms with E-state index in [1.165, 1.54) is 11.3 Å². The van der Waals surface area contributed by atoms with E-state index >= 15 is 0 Å². The number of anilines is 1. The summed E-state index contributed by atoms with van der Waals surface area (Å²) in [6, 6.07) is 22.8. The third-order valence-corrected chi connectivity index (χ3v) is 5.40. The standard InChI is InChI=1S/C22H14ClN3O2S/c23-18-13-7-6-12-17(18)21-25-26-22(29-21)24-20(28)16-11-5-4-10-15(16)19(27)14-8-2-1-3-9-14/h1-13H,(H,24,26,28). The lowest BCUT2D eigenvalue weighted by molar-refractivity contribution is 0.0996. The van der Waals surface area contributed by atoms with E-state index in [-0.39, 0.29) is 11.3 Å². The van der Waals surface area contributed by atoms with Gasteiger partial charge in [0.1, 0.15) is 0 Å². The third kappa shape index (κ3) is 4.08. The zero-order valence-electron chi connectivity index (χ0n) is 15.0. The van der Waals surface area contributed by atoms with Crippen LogP contribution in [0, 0.1) is 0 Å². The molecule has 1 amide bonds. The molecule has 3 aromatic carbocycles. The molecule has 0 fully saturated rings. The van der Waals surface area contributed by atoms with Crippen LogP contribution in [0.1, 0.15) is 26.3 Å². The van der Waals surface area contributed by atoms with Gasteiger partial charge in [0, 0.05) is 16.7 Å². The highest BCUT2D eigenvalue weighted by Crippen LogP contribution is 2.31. The SMILES string of the molecule is O=C(Nc1nnc(-c2ccccc2Cl)s1)c1ccccc1C(=O)c1ccccc1. The number of nitrogens with zero attached hydrogens (tertiary/aromatic N) is 2. The first kappa shape index (κ1) is 19.0. The van der Waals surface area contributed by atoms with E-state index in [0.29, 0.717) is 26.3 Å². The maximum absolute atomic E-state index is 12.8. The van der Waals surface area contributed by atoms with Gasteiger partial charge in [-0.1, -0.05) is 89.7 Å². The van der Waals surface area contributed by atoms with Gasteiger partial charge in [-0.3, -0.25) is 14.9 Å². The quantitative estimate of drug-likeness (QED) is 0.443. The van der Waals surface area contributed by atoms with Gasteiger partial charge in [0.05, 0.1) is 10.6 Å². The second kappa shape index (κ2) is 8.34. The lowest BCUT2D eigenvalue weighted by Gasteiger charge is -2.08. The first-order valence-electron chi connectivity index (χ1n) is 8.72. The summed E-state index contributed by atoms with van der Waals surface area (Å²) in [6.07, 6.45) is 0. The first-order chi connectivity index (χ1) is 14.1. The lowest BCUT2D eigenvalue weighted by atomic mass is 9.98. The average Bonchev–Trinajstić information content (AvgIpc) is 3.22. The molecule has 0 radical (unpaired) electrons. The Morgan fingerprint density at radius 2 is 1.45 bits per heavy atom. The smallest absolute Gasteiger partial charge is 0.258 e. The maximum Gasteiger partial charge on any atom is 0.258 e. The minimum atomic E-state index is -0.424. The predicted octanol–water partition coefficient (Wildman–Crippen LogP) is 5.34. The van der Waals surface area contributed by atoms with Crippen molar-refractivity contribution < 1.29 is 9.59 Å². The molecule has 0 saturated carbocycles. The van der Waals surface area contributed by atoms with Gasteiger partial charge in [-0.25, -0.2) is 0 Å². The van der Waals surface area contributed by atoms with Gasteiger partial charge >= 0.3 is 0 Å². The van der Waals surface area contributed by atoms with Crippen LogP contribution in [0.4, 0.5) is 5.13 Å². The largest absolute Gasteiger partial charge is 0.296 e. The molecule has 0 aliphatic rings. The summed E-state index contributed by atoms with van der Waals surface area (Å²) in [7, 11) is 0. The summed E-state index contributed by atoms with van der Waals surface area (Å²) in [5.41, 5.74) is 1.86. The van der Waals surface area contributed by atoms with Crippen molar-refractivity contribution >= 4 is 39.8 Å². The Hall–Kier alpha value is -3.35. The number of halogens is 1. The molecule has 4 aromatic rings. The zero-order chi connectivity index (χ0) is 20.2. The number of benzene rings is 3. The van der Waals surface area contributed by atoms with Crippen LogP contribution in [-0.2, 0) is 0 Å². The van der Waals surface area contributed by atoms with Crippen LogP contribution < -0.4 is 5.32 Å². The molecule has 7 heteroatoms. The summed E-state index contributed by atoms with van der Waals surface area (Å²) in [5.74, 6) is -0.642. The van der Waals surface area contributed by atoms with Crippen molar-refractivity contribution in [2.75, 3.05) is 5.32 Å². The summed E-state index contributed by atoms with van der Waals surface area (Å²) in [6.45, 7) is 0. The number of carbonyl (C=O) groups is 2. The molecule has 142 valence electrons. The van der Waals surface area contributed by atoms with Crippen LogP contribution in [0.3, 0.4) is 0 Å². The lowest BCUT2D eigenvalue weighted by Crippen LogP contribution is -2.16. The number of ketones is 1. The molecular formula is C22H14ClN3O2S. The van der Waals surface area contributed by atoms with Crippen LogP contribution in [0.25, 0.3) is 10.6 Å². The number of carbonyl (C=O) groups excluding carboxylic acids is 2. The van der Waals surface area contributed by atoms with Crippen molar-refractivity contribution in [3.05, 3.63) is 101 Å². The highest BCUT2D eigenvalue weighted by molar-refractivity contribution is 7.18. The molecule has 0 bridgehead atoms. The summed E-state index contributed by atoms with van der Waals surface area (Å²) in [5, 5.41) is 12.3. The van der Waals surface area contributed by atoms with E-state index in [4.69, 9.17) is 11.6 Å². The summed E-state index contributed by atoms with van der Waals surface area (Å²) >= 11 is 7.41. The fourth-order valence-corrected chi connectivity index (χ4v) is 3.87. The van der Waals surface area contributed by atoms with Crippen molar-refractivity contribution in [3.8, 4) is 10.6 Å². The van der Waals surface area contributed by atoms with Crippen molar-refractivity contribution in [1.29, 1.82) is 0 Å². The second-order valence-electron chi connectivity index (χ2n) is 6.09. The van der Waals surface area contributed by atoms with Crippen molar-refractivity contribution in [2.24, 2.45) is 0 Å². The number of nitrogens with one attached hydrogen (secondary N) is 1. The van der Waals surface area contributed by atoms with E-state index < -0.39 is 5.91 Å².